The lowest BCUT2D eigenvalue weighted by molar-refractivity contribution is -0.120. The highest BCUT2D eigenvalue weighted by atomic mass is 16.3. The lowest BCUT2D eigenvalue weighted by atomic mass is 10.0. The minimum atomic E-state index is -0.570. The van der Waals surface area contributed by atoms with Gasteiger partial charge in [0, 0.05) is 6.92 Å². The van der Waals surface area contributed by atoms with Crippen molar-refractivity contribution in [2.45, 2.75) is 39.3 Å². The van der Waals surface area contributed by atoms with Gasteiger partial charge in [0.25, 0.3) is 0 Å². The van der Waals surface area contributed by atoms with Gasteiger partial charge < -0.3 is 10.4 Å². The summed E-state index contributed by atoms with van der Waals surface area (Å²) in [5, 5.41) is 12.9. The van der Waals surface area contributed by atoms with Gasteiger partial charge in [0.1, 0.15) is 0 Å². The number of aryl methyl sites for hydroxylation is 2. The average Bonchev–Trinajstić information content (AvgIpc) is 2.41. The summed E-state index contributed by atoms with van der Waals surface area (Å²) in [7, 11) is 0. The standard InChI is InChI=1S/C13H17NO2/c1-7-4-8(2)12-10(5-7)6-11(13(12)16)14-9(3)15/h4-5,11,13,16H,6H2,1-3H3,(H,14,15)/t11-,13+/m1/s1. The van der Waals surface area contributed by atoms with Gasteiger partial charge in [-0.2, -0.15) is 0 Å². The first-order valence-electron chi connectivity index (χ1n) is 5.54. The molecule has 3 heteroatoms. The highest BCUT2D eigenvalue weighted by Gasteiger charge is 2.32. The normalized spacial score (nSPS) is 23.0. The molecule has 1 aromatic rings. The summed E-state index contributed by atoms with van der Waals surface area (Å²) < 4.78 is 0. The summed E-state index contributed by atoms with van der Waals surface area (Å²) in [5.74, 6) is -0.0915. The second-order valence-electron chi connectivity index (χ2n) is 4.61. The summed E-state index contributed by atoms with van der Waals surface area (Å²) in [6.07, 6.45) is 0.151. The Morgan fingerprint density at radius 2 is 2.12 bits per heavy atom. The van der Waals surface area contributed by atoms with Gasteiger partial charge in [-0.3, -0.25) is 4.79 Å². The van der Waals surface area contributed by atoms with E-state index in [2.05, 4.69) is 17.4 Å². The molecule has 0 heterocycles. The van der Waals surface area contributed by atoms with Crippen molar-refractivity contribution in [2.75, 3.05) is 0 Å². The molecule has 2 rings (SSSR count). The second kappa shape index (κ2) is 3.91. The fraction of sp³-hybridized carbons (Fsp3) is 0.462. The molecule has 0 spiro atoms. The van der Waals surface area contributed by atoms with Gasteiger partial charge in [-0.25, -0.2) is 0 Å². The van der Waals surface area contributed by atoms with Gasteiger partial charge >= 0.3 is 0 Å². The Balaban J connectivity index is 2.34. The number of aliphatic hydroxyl groups is 1. The van der Waals surface area contributed by atoms with Crippen LogP contribution in [0.5, 0.6) is 0 Å². The number of amides is 1. The lowest BCUT2D eigenvalue weighted by Gasteiger charge is -2.16. The Kier molecular flexibility index (Phi) is 2.72. The highest BCUT2D eigenvalue weighted by molar-refractivity contribution is 5.73. The van der Waals surface area contributed by atoms with Crippen molar-refractivity contribution in [1.82, 2.24) is 5.32 Å². The SMILES string of the molecule is CC(=O)N[C@@H]1Cc2cc(C)cc(C)c2[C@H]1O. The maximum Gasteiger partial charge on any atom is 0.217 e. The van der Waals surface area contributed by atoms with Gasteiger partial charge in [-0.15, -0.1) is 0 Å². The first-order chi connectivity index (χ1) is 7.49. The quantitative estimate of drug-likeness (QED) is 0.750. The van der Waals surface area contributed by atoms with E-state index in [1.807, 2.05) is 13.8 Å². The number of fused-ring (bicyclic) bond motifs is 1. The van der Waals surface area contributed by atoms with E-state index >= 15 is 0 Å². The number of hydrogen-bond acceptors (Lipinski definition) is 2. The van der Waals surface area contributed by atoms with E-state index in [0.29, 0.717) is 0 Å². The Labute approximate surface area is 95.5 Å². The third kappa shape index (κ3) is 1.83. The molecule has 0 aromatic heterocycles. The predicted molar refractivity (Wildman–Crippen MR) is 62.2 cm³/mol. The summed E-state index contributed by atoms with van der Waals surface area (Å²) in [4.78, 5) is 11.0. The molecular weight excluding hydrogens is 202 g/mol. The van der Waals surface area contributed by atoms with E-state index < -0.39 is 6.10 Å². The largest absolute Gasteiger partial charge is 0.386 e. The van der Waals surface area contributed by atoms with Crippen LogP contribution in [-0.4, -0.2) is 17.1 Å². The third-order valence-electron chi connectivity index (χ3n) is 3.12. The number of benzene rings is 1. The van der Waals surface area contributed by atoms with Crippen molar-refractivity contribution in [3.63, 3.8) is 0 Å². The van der Waals surface area contributed by atoms with E-state index in [-0.39, 0.29) is 11.9 Å². The molecule has 16 heavy (non-hydrogen) atoms. The lowest BCUT2D eigenvalue weighted by Crippen LogP contribution is -2.36. The van der Waals surface area contributed by atoms with E-state index in [9.17, 15) is 9.90 Å². The molecule has 2 atom stereocenters. The molecule has 0 radical (unpaired) electrons. The van der Waals surface area contributed by atoms with Crippen molar-refractivity contribution < 1.29 is 9.90 Å². The number of hydrogen-bond donors (Lipinski definition) is 2. The van der Waals surface area contributed by atoms with Crippen LogP contribution in [0.1, 0.15) is 35.3 Å². The molecule has 0 aliphatic heterocycles. The van der Waals surface area contributed by atoms with Crippen LogP contribution in [0, 0.1) is 13.8 Å². The Bertz CT molecular complexity index is 440. The van der Waals surface area contributed by atoms with E-state index in [4.69, 9.17) is 0 Å². The summed E-state index contributed by atoms with van der Waals surface area (Å²) >= 11 is 0. The number of carbonyl (C=O) groups is 1. The smallest absolute Gasteiger partial charge is 0.217 e. The first-order valence-corrected chi connectivity index (χ1v) is 5.54. The van der Waals surface area contributed by atoms with Crippen LogP contribution < -0.4 is 5.32 Å². The Morgan fingerprint density at radius 3 is 2.75 bits per heavy atom. The van der Waals surface area contributed by atoms with E-state index in [1.165, 1.54) is 12.5 Å². The van der Waals surface area contributed by atoms with Crippen molar-refractivity contribution >= 4 is 5.91 Å². The van der Waals surface area contributed by atoms with Crippen molar-refractivity contribution in [2.24, 2.45) is 0 Å². The zero-order chi connectivity index (χ0) is 11.9. The van der Waals surface area contributed by atoms with Gasteiger partial charge in [-0.1, -0.05) is 17.7 Å². The zero-order valence-electron chi connectivity index (χ0n) is 9.87. The maximum absolute atomic E-state index is 11.0. The van der Waals surface area contributed by atoms with Crippen molar-refractivity contribution in [1.29, 1.82) is 0 Å². The predicted octanol–water partition coefficient (Wildman–Crippen LogP) is 1.40. The molecule has 1 amide bonds. The molecule has 2 N–H and O–H groups in total. The molecule has 0 saturated heterocycles. The van der Waals surface area contributed by atoms with Gasteiger partial charge in [0.15, 0.2) is 0 Å². The highest BCUT2D eigenvalue weighted by Crippen LogP contribution is 2.34. The monoisotopic (exact) mass is 219 g/mol. The molecular formula is C13H17NO2. The average molecular weight is 219 g/mol. The first kappa shape index (κ1) is 11.1. The maximum atomic E-state index is 11.0. The van der Waals surface area contributed by atoms with Crippen molar-refractivity contribution in [3.8, 4) is 0 Å². The van der Waals surface area contributed by atoms with E-state index in [1.54, 1.807) is 0 Å². The van der Waals surface area contributed by atoms with Gasteiger partial charge in [0.05, 0.1) is 12.1 Å². The van der Waals surface area contributed by atoms with Crippen LogP contribution in [-0.2, 0) is 11.2 Å². The second-order valence-corrected chi connectivity index (χ2v) is 4.61. The van der Waals surface area contributed by atoms with Crippen LogP contribution in [0.3, 0.4) is 0 Å². The van der Waals surface area contributed by atoms with Crippen LogP contribution in [0.4, 0.5) is 0 Å². The summed E-state index contributed by atoms with van der Waals surface area (Å²) in [5.41, 5.74) is 4.45. The number of aliphatic hydroxyl groups excluding tert-OH is 1. The van der Waals surface area contributed by atoms with Gasteiger partial charge in [0.2, 0.25) is 5.91 Å². The third-order valence-corrected chi connectivity index (χ3v) is 3.12. The fourth-order valence-electron chi connectivity index (χ4n) is 2.60. The molecule has 0 unspecified atom stereocenters. The number of nitrogens with one attached hydrogen (secondary N) is 1. The molecule has 86 valence electrons. The molecule has 0 fully saturated rings. The molecule has 0 bridgehead atoms. The molecule has 3 nitrogen and oxygen atoms in total. The molecule has 1 aromatic carbocycles. The number of carbonyl (C=O) groups excluding carboxylic acids is 1. The van der Waals surface area contributed by atoms with Crippen molar-refractivity contribution in [3.05, 3.63) is 34.4 Å². The minimum absolute atomic E-state index is 0.0915. The van der Waals surface area contributed by atoms with Crippen LogP contribution in [0.25, 0.3) is 0 Å². The van der Waals surface area contributed by atoms with Crippen LogP contribution in [0.15, 0.2) is 12.1 Å². The summed E-state index contributed by atoms with van der Waals surface area (Å²) in [6.45, 7) is 5.53. The molecule has 1 aliphatic rings. The van der Waals surface area contributed by atoms with Gasteiger partial charge in [-0.05, 0) is 37.0 Å². The molecule has 0 saturated carbocycles. The Morgan fingerprint density at radius 1 is 1.44 bits per heavy atom. The minimum Gasteiger partial charge on any atom is -0.386 e. The van der Waals surface area contributed by atoms with E-state index in [0.717, 1.165) is 23.1 Å². The Hall–Kier alpha value is -1.35. The van der Waals surface area contributed by atoms with Crippen LogP contribution in [0.2, 0.25) is 0 Å². The van der Waals surface area contributed by atoms with Crippen LogP contribution >= 0.6 is 0 Å². The number of rotatable bonds is 1. The zero-order valence-corrected chi connectivity index (χ0v) is 9.87. The topological polar surface area (TPSA) is 49.3 Å². The fourth-order valence-corrected chi connectivity index (χ4v) is 2.60. The summed E-state index contributed by atoms with van der Waals surface area (Å²) in [6, 6.07) is 3.99. The molecule has 1 aliphatic carbocycles.